The fourth-order valence-electron chi connectivity index (χ4n) is 3.43. The first-order chi connectivity index (χ1) is 11.8. The molecular weight excluding hydrogens is 306 g/mol. The van der Waals surface area contributed by atoms with Gasteiger partial charge in [0.05, 0.1) is 6.26 Å². The molecule has 25 heavy (non-hydrogen) atoms. The molecule has 0 radical (unpaired) electrons. The largest absolute Gasteiger partial charge is 0.464 e. The van der Waals surface area contributed by atoms with Crippen molar-refractivity contribution in [1.82, 2.24) is 4.90 Å². The Balaban J connectivity index is 1.99. The second kappa shape index (κ2) is 8.71. The van der Waals surface area contributed by atoms with E-state index < -0.39 is 0 Å². The number of rotatable bonds is 8. The van der Waals surface area contributed by atoms with E-state index in [0.717, 1.165) is 12.2 Å². The Kier molecular flexibility index (Phi) is 6.89. The van der Waals surface area contributed by atoms with E-state index in [0.29, 0.717) is 5.41 Å². The van der Waals surface area contributed by atoms with E-state index in [-0.39, 0.29) is 0 Å². The molecule has 138 valence electrons. The highest BCUT2D eigenvalue weighted by Crippen LogP contribution is 2.25. The molecule has 0 N–H and O–H groups in total. The molecule has 2 nitrogen and oxygen atoms in total. The van der Waals surface area contributed by atoms with Crippen molar-refractivity contribution < 1.29 is 4.42 Å². The number of hydrogen-bond acceptors (Lipinski definition) is 2. The Morgan fingerprint density at radius 3 is 2.40 bits per heavy atom. The number of furan rings is 1. The van der Waals surface area contributed by atoms with Crippen LogP contribution in [0.2, 0.25) is 0 Å². The third kappa shape index (κ3) is 6.36. The molecule has 0 unspecified atom stereocenters. The van der Waals surface area contributed by atoms with Crippen molar-refractivity contribution in [3.8, 4) is 11.3 Å². The first-order valence-electron chi connectivity index (χ1n) is 9.66. The molecule has 0 saturated heterocycles. The second-order valence-corrected chi connectivity index (χ2v) is 8.57. The summed E-state index contributed by atoms with van der Waals surface area (Å²) in [5.74, 6) is 0.971. The van der Waals surface area contributed by atoms with Crippen molar-refractivity contribution in [1.29, 1.82) is 0 Å². The second-order valence-electron chi connectivity index (χ2n) is 8.57. The zero-order valence-electron chi connectivity index (χ0n) is 17.0. The standard InChI is InChI=1S/C23H35NO/c1-7-12-24(17-23(4,5)6)13-8-9-20-15-21(11-10-19(20)3)22-14-18(2)16-25-22/h10-11,14-16H,7-9,12-13,17H2,1-6H3. The van der Waals surface area contributed by atoms with Gasteiger partial charge in [0.2, 0.25) is 0 Å². The third-order valence-electron chi connectivity index (χ3n) is 4.52. The molecule has 0 fully saturated rings. The smallest absolute Gasteiger partial charge is 0.134 e. The lowest BCUT2D eigenvalue weighted by molar-refractivity contribution is 0.189. The van der Waals surface area contributed by atoms with Gasteiger partial charge in [-0.3, -0.25) is 0 Å². The maximum absolute atomic E-state index is 5.67. The van der Waals surface area contributed by atoms with Gasteiger partial charge in [-0.15, -0.1) is 0 Å². The molecule has 0 spiro atoms. The van der Waals surface area contributed by atoms with Gasteiger partial charge in [-0.25, -0.2) is 0 Å². The summed E-state index contributed by atoms with van der Waals surface area (Å²) >= 11 is 0. The normalized spacial score (nSPS) is 12.1. The molecule has 1 aromatic carbocycles. The highest BCUT2D eigenvalue weighted by molar-refractivity contribution is 5.60. The molecule has 2 aromatic rings. The molecule has 2 rings (SSSR count). The summed E-state index contributed by atoms with van der Waals surface area (Å²) in [6, 6.07) is 8.81. The van der Waals surface area contributed by atoms with Crippen molar-refractivity contribution >= 4 is 0 Å². The van der Waals surface area contributed by atoms with Crippen molar-refractivity contribution in [2.75, 3.05) is 19.6 Å². The summed E-state index contributed by atoms with van der Waals surface area (Å²) in [5.41, 5.74) is 5.55. The van der Waals surface area contributed by atoms with E-state index in [1.807, 2.05) is 6.26 Å². The van der Waals surface area contributed by atoms with Crippen LogP contribution in [0.25, 0.3) is 11.3 Å². The Morgan fingerprint density at radius 1 is 1.04 bits per heavy atom. The van der Waals surface area contributed by atoms with Gasteiger partial charge in [-0.05, 0) is 80.4 Å². The molecule has 0 aliphatic rings. The molecule has 0 aliphatic carbocycles. The predicted molar refractivity (Wildman–Crippen MR) is 108 cm³/mol. The van der Waals surface area contributed by atoms with Crippen LogP contribution >= 0.6 is 0 Å². The van der Waals surface area contributed by atoms with Crippen LogP contribution in [0.3, 0.4) is 0 Å². The van der Waals surface area contributed by atoms with Crippen LogP contribution in [0.4, 0.5) is 0 Å². The minimum Gasteiger partial charge on any atom is -0.464 e. The van der Waals surface area contributed by atoms with E-state index in [4.69, 9.17) is 4.42 Å². The van der Waals surface area contributed by atoms with Crippen LogP contribution in [-0.4, -0.2) is 24.5 Å². The number of hydrogen-bond donors (Lipinski definition) is 0. The molecule has 0 atom stereocenters. The summed E-state index contributed by atoms with van der Waals surface area (Å²) < 4.78 is 5.67. The lowest BCUT2D eigenvalue weighted by Gasteiger charge is -2.29. The van der Waals surface area contributed by atoms with Crippen LogP contribution in [0, 0.1) is 19.3 Å². The third-order valence-corrected chi connectivity index (χ3v) is 4.52. The summed E-state index contributed by atoms with van der Waals surface area (Å²) in [6.07, 6.45) is 5.38. The van der Waals surface area contributed by atoms with Gasteiger partial charge in [0.1, 0.15) is 5.76 Å². The van der Waals surface area contributed by atoms with E-state index in [1.54, 1.807) is 0 Å². The Labute approximate surface area is 154 Å². The summed E-state index contributed by atoms with van der Waals surface area (Å²) in [4.78, 5) is 2.62. The van der Waals surface area contributed by atoms with E-state index in [9.17, 15) is 0 Å². The number of nitrogens with zero attached hydrogens (tertiary/aromatic N) is 1. The van der Waals surface area contributed by atoms with Crippen LogP contribution in [0.15, 0.2) is 34.9 Å². The van der Waals surface area contributed by atoms with Crippen LogP contribution in [-0.2, 0) is 6.42 Å². The van der Waals surface area contributed by atoms with Gasteiger partial charge in [-0.2, -0.15) is 0 Å². The summed E-state index contributed by atoms with van der Waals surface area (Å²) in [7, 11) is 0. The number of aryl methyl sites for hydroxylation is 3. The topological polar surface area (TPSA) is 16.4 Å². The Bertz CT molecular complexity index is 663. The van der Waals surface area contributed by atoms with E-state index in [1.165, 1.54) is 54.7 Å². The molecule has 2 heteroatoms. The van der Waals surface area contributed by atoms with E-state index in [2.05, 4.69) is 70.7 Å². The predicted octanol–water partition coefficient (Wildman–Crippen LogP) is 6.25. The highest BCUT2D eigenvalue weighted by atomic mass is 16.3. The van der Waals surface area contributed by atoms with Crippen molar-refractivity contribution in [3.05, 3.63) is 47.2 Å². The maximum Gasteiger partial charge on any atom is 0.134 e. The first kappa shape index (κ1) is 19.8. The quantitative estimate of drug-likeness (QED) is 0.564. The highest BCUT2D eigenvalue weighted by Gasteiger charge is 2.15. The van der Waals surface area contributed by atoms with Crippen LogP contribution in [0.5, 0.6) is 0 Å². The number of benzene rings is 1. The van der Waals surface area contributed by atoms with Crippen LogP contribution < -0.4 is 0 Å². The Morgan fingerprint density at radius 2 is 1.80 bits per heavy atom. The monoisotopic (exact) mass is 341 g/mol. The van der Waals surface area contributed by atoms with Crippen molar-refractivity contribution in [3.63, 3.8) is 0 Å². The van der Waals surface area contributed by atoms with Gasteiger partial charge in [-0.1, -0.05) is 39.8 Å². The lowest BCUT2D eigenvalue weighted by atomic mass is 9.95. The zero-order chi connectivity index (χ0) is 18.4. The first-order valence-corrected chi connectivity index (χ1v) is 9.66. The Hall–Kier alpha value is -1.54. The minimum atomic E-state index is 0.363. The molecule has 0 saturated carbocycles. The van der Waals surface area contributed by atoms with Gasteiger partial charge in [0.15, 0.2) is 0 Å². The van der Waals surface area contributed by atoms with Gasteiger partial charge in [0.25, 0.3) is 0 Å². The average Bonchev–Trinajstić information content (AvgIpc) is 2.94. The van der Waals surface area contributed by atoms with E-state index >= 15 is 0 Å². The van der Waals surface area contributed by atoms with Crippen molar-refractivity contribution in [2.45, 2.75) is 60.8 Å². The minimum absolute atomic E-state index is 0.363. The molecule has 0 bridgehead atoms. The van der Waals surface area contributed by atoms with Gasteiger partial charge >= 0.3 is 0 Å². The SMILES string of the molecule is CCCN(CCCc1cc(-c2cc(C)co2)ccc1C)CC(C)(C)C. The molecule has 0 amide bonds. The van der Waals surface area contributed by atoms with Crippen molar-refractivity contribution in [2.24, 2.45) is 5.41 Å². The fraction of sp³-hybridized carbons (Fsp3) is 0.565. The zero-order valence-corrected chi connectivity index (χ0v) is 17.0. The molecular formula is C23H35NO. The lowest BCUT2D eigenvalue weighted by Crippen LogP contribution is -2.34. The van der Waals surface area contributed by atoms with Gasteiger partial charge < -0.3 is 9.32 Å². The molecule has 1 heterocycles. The molecule has 1 aromatic heterocycles. The summed E-state index contributed by atoms with van der Waals surface area (Å²) in [5, 5.41) is 0. The summed E-state index contributed by atoms with van der Waals surface area (Å²) in [6.45, 7) is 17.1. The molecule has 0 aliphatic heterocycles. The average molecular weight is 342 g/mol. The van der Waals surface area contributed by atoms with Gasteiger partial charge in [0, 0.05) is 12.1 Å². The van der Waals surface area contributed by atoms with Crippen LogP contribution in [0.1, 0.15) is 57.2 Å². The maximum atomic E-state index is 5.67. The fourth-order valence-corrected chi connectivity index (χ4v) is 3.43.